The first-order valence-electron chi connectivity index (χ1n) is 6.37. The molecule has 1 aromatic heterocycles. The standard InChI is InChI=1S/C12H20N4/c1-9-4-3-6-16-12(9)13-11(14-16)10-5-7-15(2)8-10/h9-10H,3-8H2,1-2H3. The van der Waals surface area contributed by atoms with Gasteiger partial charge in [-0.05, 0) is 32.9 Å². The zero-order chi connectivity index (χ0) is 11.1. The molecule has 0 amide bonds. The summed E-state index contributed by atoms with van der Waals surface area (Å²) in [6, 6.07) is 0. The molecular weight excluding hydrogens is 200 g/mol. The average Bonchev–Trinajstić information content (AvgIpc) is 2.84. The van der Waals surface area contributed by atoms with Crippen LogP contribution in [0.15, 0.2) is 0 Å². The number of aromatic nitrogens is 3. The number of nitrogens with zero attached hydrogens (tertiary/aromatic N) is 4. The van der Waals surface area contributed by atoms with Gasteiger partial charge in [-0.1, -0.05) is 6.92 Å². The van der Waals surface area contributed by atoms with Gasteiger partial charge >= 0.3 is 0 Å². The Morgan fingerprint density at radius 1 is 1.25 bits per heavy atom. The van der Waals surface area contributed by atoms with E-state index < -0.39 is 0 Å². The maximum Gasteiger partial charge on any atom is 0.155 e. The maximum absolute atomic E-state index is 4.77. The van der Waals surface area contributed by atoms with Crippen LogP contribution in [0.3, 0.4) is 0 Å². The molecule has 0 aromatic carbocycles. The summed E-state index contributed by atoms with van der Waals surface area (Å²) in [5.74, 6) is 3.47. The highest BCUT2D eigenvalue weighted by Gasteiger charge is 2.28. The lowest BCUT2D eigenvalue weighted by Crippen LogP contribution is -2.15. The Hall–Kier alpha value is -0.900. The molecule has 0 spiro atoms. The second kappa shape index (κ2) is 3.84. The molecule has 4 heteroatoms. The average molecular weight is 220 g/mol. The van der Waals surface area contributed by atoms with E-state index in [1.165, 1.54) is 31.6 Å². The van der Waals surface area contributed by atoms with Crippen molar-refractivity contribution in [2.45, 2.75) is 44.6 Å². The number of aryl methyl sites for hydroxylation is 1. The van der Waals surface area contributed by atoms with Crippen LogP contribution in [-0.2, 0) is 6.54 Å². The van der Waals surface area contributed by atoms with E-state index in [1.807, 2.05) is 0 Å². The van der Waals surface area contributed by atoms with Gasteiger partial charge in [0.25, 0.3) is 0 Å². The van der Waals surface area contributed by atoms with Crippen molar-refractivity contribution in [3.8, 4) is 0 Å². The van der Waals surface area contributed by atoms with E-state index in [-0.39, 0.29) is 0 Å². The van der Waals surface area contributed by atoms with Crippen LogP contribution in [0.25, 0.3) is 0 Å². The number of likely N-dealkylation sites (tertiary alicyclic amines) is 1. The molecule has 16 heavy (non-hydrogen) atoms. The first kappa shape index (κ1) is 10.3. The Balaban J connectivity index is 1.86. The number of likely N-dealkylation sites (N-methyl/N-ethyl adjacent to an activating group) is 1. The second-order valence-corrected chi connectivity index (χ2v) is 5.34. The molecule has 2 atom stereocenters. The van der Waals surface area contributed by atoms with Crippen molar-refractivity contribution in [1.82, 2.24) is 19.7 Å². The van der Waals surface area contributed by atoms with Gasteiger partial charge in [-0.2, -0.15) is 5.10 Å². The van der Waals surface area contributed by atoms with Crippen LogP contribution in [0.2, 0.25) is 0 Å². The van der Waals surface area contributed by atoms with Gasteiger partial charge in [0.2, 0.25) is 0 Å². The molecule has 2 aliphatic heterocycles. The Morgan fingerprint density at radius 3 is 2.81 bits per heavy atom. The minimum Gasteiger partial charge on any atom is -0.306 e. The van der Waals surface area contributed by atoms with E-state index in [0.29, 0.717) is 11.8 Å². The highest BCUT2D eigenvalue weighted by molar-refractivity contribution is 5.07. The van der Waals surface area contributed by atoms with Crippen molar-refractivity contribution >= 4 is 0 Å². The highest BCUT2D eigenvalue weighted by Crippen LogP contribution is 2.29. The van der Waals surface area contributed by atoms with Crippen LogP contribution in [0.5, 0.6) is 0 Å². The fraction of sp³-hybridized carbons (Fsp3) is 0.833. The van der Waals surface area contributed by atoms with Crippen LogP contribution >= 0.6 is 0 Å². The summed E-state index contributed by atoms with van der Waals surface area (Å²) in [5.41, 5.74) is 0. The SMILES string of the molecule is CC1CCCn2nc(C3CCN(C)C3)nc21. The van der Waals surface area contributed by atoms with Crippen LogP contribution in [-0.4, -0.2) is 39.8 Å². The topological polar surface area (TPSA) is 34.0 Å². The smallest absolute Gasteiger partial charge is 0.155 e. The van der Waals surface area contributed by atoms with Crippen molar-refractivity contribution < 1.29 is 0 Å². The molecule has 2 unspecified atom stereocenters. The molecule has 1 aromatic rings. The Bertz CT molecular complexity index is 384. The van der Waals surface area contributed by atoms with Crippen molar-refractivity contribution in [1.29, 1.82) is 0 Å². The van der Waals surface area contributed by atoms with E-state index in [1.54, 1.807) is 0 Å². The van der Waals surface area contributed by atoms with E-state index >= 15 is 0 Å². The quantitative estimate of drug-likeness (QED) is 0.721. The summed E-state index contributed by atoms with van der Waals surface area (Å²) in [6.45, 7) is 5.64. The van der Waals surface area contributed by atoms with Crippen molar-refractivity contribution in [2.75, 3.05) is 20.1 Å². The zero-order valence-corrected chi connectivity index (χ0v) is 10.2. The number of fused-ring (bicyclic) bond motifs is 1. The minimum absolute atomic E-state index is 0.565. The number of rotatable bonds is 1. The van der Waals surface area contributed by atoms with Gasteiger partial charge in [-0.3, -0.25) is 0 Å². The molecule has 88 valence electrons. The maximum atomic E-state index is 4.77. The molecular formula is C12H20N4. The van der Waals surface area contributed by atoms with Gasteiger partial charge in [0.1, 0.15) is 5.82 Å². The molecule has 0 radical (unpaired) electrons. The van der Waals surface area contributed by atoms with E-state index in [9.17, 15) is 0 Å². The van der Waals surface area contributed by atoms with Gasteiger partial charge in [0.05, 0.1) is 0 Å². The molecule has 0 saturated carbocycles. The summed E-state index contributed by atoms with van der Waals surface area (Å²) in [7, 11) is 2.18. The molecule has 3 rings (SSSR count). The first-order valence-corrected chi connectivity index (χ1v) is 6.37. The normalized spacial score (nSPS) is 30.6. The van der Waals surface area contributed by atoms with Crippen molar-refractivity contribution in [3.05, 3.63) is 11.6 Å². The molecule has 2 aliphatic rings. The summed E-state index contributed by atoms with van der Waals surface area (Å²) >= 11 is 0. The first-order chi connectivity index (χ1) is 7.74. The monoisotopic (exact) mass is 220 g/mol. The van der Waals surface area contributed by atoms with Crippen molar-refractivity contribution in [2.24, 2.45) is 0 Å². The highest BCUT2D eigenvalue weighted by atomic mass is 15.4. The number of hydrogen-bond donors (Lipinski definition) is 0. The molecule has 0 aliphatic carbocycles. The molecule has 4 nitrogen and oxygen atoms in total. The van der Waals surface area contributed by atoms with Gasteiger partial charge in [-0.15, -0.1) is 0 Å². The van der Waals surface area contributed by atoms with Crippen molar-refractivity contribution in [3.63, 3.8) is 0 Å². The third kappa shape index (κ3) is 1.65. The van der Waals surface area contributed by atoms with Gasteiger partial charge in [-0.25, -0.2) is 9.67 Å². The summed E-state index contributed by atoms with van der Waals surface area (Å²) in [4.78, 5) is 7.14. The predicted molar refractivity (Wildman–Crippen MR) is 62.5 cm³/mol. The van der Waals surface area contributed by atoms with Crippen LogP contribution in [0, 0.1) is 0 Å². The van der Waals surface area contributed by atoms with Gasteiger partial charge in [0, 0.05) is 24.9 Å². The summed E-state index contributed by atoms with van der Waals surface area (Å²) < 4.78 is 2.14. The van der Waals surface area contributed by atoms with Crippen LogP contribution < -0.4 is 0 Å². The lowest BCUT2D eigenvalue weighted by molar-refractivity contribution is 0.408. The van der Waals surface area contributed by atoms with Crippen LogP contribution in [0.1, 0.15) is 49.7 Å². The van der Waals surface area contributed by atoms with E-state index in [0.717, 1.165) is 18.9 Å². The zero-order valence-electron chi connectivity index (χ0n) is 10.2. The third-order valence-corrected chi connectivity index (χ3v) is 3.92. The molecule has 0 bridgehead atoms. The second-order valence-electron chi connectivity index (χ2n) is 5.34. The Morgan fingerprint density at radius 2 is 2.12 bits per heavy atom. The Labute approximate surface area is 96.7 Å². The lowest BCUT2D eigenvalue weighted by atomic mass is 10.0. The largest absolute Gasteiger partial charge is 0.306 e. The fourth-order valence-electron chi connectivity index (χ4n) is 2.90. The minimum atomic E-state index is 0.565. The van der Waals surface area contributed by atoms with Gasteiger partial charge < -0.3 is 4.90 Å². The van der Waals surface area contributed by atoms with Crippen LogP contribution in [0.4, 0.5) is 0 Å². The third-order valence-electron chi connectivity index (χ3n) is 3.92. The lowest BCUT2D eigenvalue weighted by Gasteiger charge is -2.17. The number of hydrogen-bond acceptors (Lipinski definition) is 3. The van der Waals surface area contributed by atoms with Gasteiger partial charge in [0.15, 0.2) is 5.82 Å². The Kier molecular flexibility index (Phi) is 2.46. The van der Waals surface area contributed by atoms with E-state index in [2.05, 4.69) is 23.6 Å². The molecule has 1 fully saturated rings. The summed E-state index contributed by atoms with van der Waals surface area (Å²) in [6.07, 6.45) is 3.73. The predicted octanol–water partition coefficient (Wildman–Crippen LogP) is 1.59. The molecule has 1 saturated heterocycles. The fourth-order valence-corrected chi connectivity index (χ4v) is 2.90. The molecule has 3 heterocycles. The molecule has 0 N–H and O–H groups in total. The summed E-state index contributed by atoms with van der Waals surface area (Å²) in [5, 5.41) is 4.70. The van der Waals surface area contributed by atoms with E-state index in [4.69, 9.17) is 10.1 Å².